The Hall–Kier alpha value is -1.97. The van der Waals surface area contributed by atoms with Crippen LogP contribution in [0.2, 0.25) is 0 Å². The van der Waals surface area contributed by atoms with Gasteiger partial charge in [-0.25, -0.2) is 4.79 Å². The van der Waals surface area contributed by atoms with Crippen LogP contribution in [0.25, 0.3) is 0 Å². The van der Waals surface area contributed by atoms with Crippen LogP contribution in [-0.4, -0.2) is 17.6 Å². The summed E-state index contributed by atoms with van der Waals surface area (Å²) >= 11 is 0. The Kier molecular flexibility index (Phi) is 4.10. The van der Waals surface area contributed by atoms with Gasteiger partial charge in [-0.05, 0) is 50.3 Å². The molecule has 4 N–H and O–H groups in total. The predicted molar refractivity (Wildman–Crippen MR) is 77.6 cm³/mol. The lowest BCUT2D eigenvalue weighted by Crippen LogP contribution is -2.08. The van der Waals surface area contributed by atoms with Crippen LogP contribution in [0.15, 0.2) is 23.8 Å². The summed E-state index contributed by atoms with van der Waals surface area (Å²) in [6.07, 6.45) is 6.98. The number of aromatic carboxylic acids is 1. The second-order valence-corrected chi connectivity index (χ2v) is 4.99. The summed E-state index contributed by atoms with van der Waals surface area (Å²) in [6, 6.07) is 3.50. The average molecular weight is 260 g/mol. The smallest absolute Gasteiger partial charge is 0.337 e. The average Bonchev–Trinajstić information content (AvgIpc) is 2.86. The van der Waals surface area contributed by atoms with Crippen molar-refractivity contribution < 1.29 is 9.90 Å². The lowest BCUT2D eigenvalue weighted by molar-refractivity contribution is 0.0698. The fourth-order valence-electron chi connectivity index (χ4n) is 2.41. The number of allylic oxidation sites excluding steroid dienone is 1. The van der Waals surface area contributed by atoms with Crippen LogP contribution in [0.1, 0.15) is 41.6 Å². The van der Waals surface area contributed by atoms with Gasteiger partial charge in [0.1, 0.15) is 0 Å². The van der Waals surface area contributed by atoms with Crippen LogP contribution in [0.3, 0.4) is 0 Å². The number of carbonyl (C=O) groups is 1. The second kappa shape index (κ2) is 5.78. The van der Waals surface area contributed by atoms with Gasteiger partial charge in [0, 0.05) is 17.9 Å². The third-order valence-corrected chi connectivity index (χ3v) is 3.53. The van der Waals surface area contributed by atoms with Crippen molar-refractivity contribution in [3.63, 3.8) is 0 Å². The molecule has 0 spiro atoms. The number of nitrogens with one attached hydrogen (secondary N) is 1. The SMILES string of the molecule is Cc1cc(NCCC2=CCCC2)cc(C(=O)O)c1N. The molecule has 0 unspecified atom stereocenters. The topological polar surface area (TPSA) is 75.3 Å². The van der Waals surface area contributed by atoms with Crippen LogP contribution < -0.4 is 11.1 Å². The number of hydrogen-bond acceptors (Lipinski definition) is 3. The highest BCUT2D eigenvalue weighted by atomic mass is 16.4. The molecule has 19 heavy (non-hydrogen) atoms. The van der Waals surface area contributed by atoms with E-state index >= 15 is 0 Å². The Morgan fingerprint density at radius 2 is 2.26 bits per heavy atom. The molecule has 1 aromatic rings. The van der Waals surface area contributed by atoms with Gasteiger partial charge in [-0.3, -0.25) is 0 Å². The maximum absolute atomic E-state index is 11.1. The second-order valence-electron chi connectivity index (χ2n) is 4.99. The Morgan fingerprint density at radius 1 is 1.47 bits per heavy atom. The summed E-state index contributed by atoms with van der Waals surface area (Å²) < 4.78 is 0. The first-order chi connectivity index (χ1) is 9.08. The van der Waals surface area contributed by atoms with E-state index in [1.807, 2.05) is 13.0 Å². The minimum atomic E-state index is -0.984. The summed E-state index contributed by atoms with van der Waals surface area (Å²) in [7, 11) is 0. The molecule has 0 saturated heterocycles. The van der Waals surface area contributed by atoms with E-state index in [2.05, 4.69) is 11.4 Å². The van der Waals surface area contributed by atoms with Crippen molar-refractivity contribution in [2.24, 2.45) is 0 Å². The van der Waals surface area contributed by atoms with Gasteiger partial charge >= 0.3 is 5.97 Å². The number of aryl methyl sites for hydroxylation is 1. The van der Waals surface area contributed by atoms with Gasteiger partial charge in [-0.15, -0.1) is 0 Å². The zero-order valence-electron chi connectivity index (χ0n) is 11.2. The van der Waals surface area contributed by atoms with Gasteiger partial charge in [-0.1, -0.05) is 11.6 Å². The zero-order valence-corrected chi connectivity index (χ0v) is 11.2. The first kappa shape index (κ1) is 13.5. The third kappa shape index (κ3) is 3.28. The molecule has 0 heterocycles. The lowest BCUT2D eigenvalue weighted by Gasteiger charge is -2.11. The van der Waals surface area contributed by atoms with E-state index in [1.165, 1.54) is 24.8 Å². The highest BCUT2D eigenvalue weighted by Crippen LogP contribution is 2.24. The fourth-order valence-corrected chi connectivity index (χ4v) is 2.41. The van der Waals surface area contributed by atoms with Crippen molar-refractivity contribution in [3.05, 3.63) is 34.9 Å². The Bertz CT molecular complexity index is 521. The zero-order chi connectivity index (χ0) is 13.8. The quantitative estimate of drug-likeness (QED) is 0.561. The van der Waals surface area contributed by atoms with Crippen LogP contribution in [0.4, 0.5) is 11.4 Å². The third-order valence-electron chi connectivity index (χ3n) is 3.53. The lowest BCUT2D eigenvalue weighted by atomic mass is 10.1. The number of carboxylic acid groups (broad SMARTS) is 1. The maximum Gasteiger partial charge on any atom is 0.337 e. The molecule has 0 radical (unpaired) electrons. The molecule has 0 aromatic heterocycles. The number of carboxylic acids is 1. The summed E-state index contributed by atoms with van der Waals surface area (Å²) in [5, 5.41) is 12.4. The maximum atomic E-state index is 11.1. The standard InChI is InChI=1S/C15H20N2O2/c1-10-8-12(9-13(14(10)16)15(18)19)17-7-6-11-4-2-3-5-11/h4,8-9,17H,2-3,5-7,16H2,1H3,(H,18,19). The van der Waals surface area contributed by atoms with Gasteiger partial charge in [0.25, 0.3) is 0 Å². The van der Waals surface area contributed by atoms with Crippen molar-refractivity contribution in [2.45, 2.75) is 32.6 Å². The summed E-state index contributed by atoms with van der Waals surface area (Å²) in [6.45, 7) is 2.65. The van der Waals surface area contributed by atoms with E-state index in [0.717, 1.165) is 24.2 Å². The monoisotopic (exact) mass is 260 g/mol. The minimum absolute atomic E-state index is 0.169. The molecule has 0 fully saturated rings. The Morgan fingerprint density at radius 3 is 2.89 bits per heavy atom. The van der Waals surface area contributed by atoms with Crippen LogP contribution >= 0.6 is 0 Å². The number of hydrogen-bond donors (Lipinski definition) is 3. The highest BCUT2D eigenvalue weighted by Gasteiger charge is 2.11. The predicted octanol–water partition coefficient (Wildman–Crippen LogP) is 3.19. The number of benzene rings is 1. The van der Waals surface area contributed by atoms with Crippen molar-refractivity contribution in [1.29, 1.82) is 0 Å². The number of anilines is 2. The van der Waals surface area contributed by atoms with E-state index in [4.69, 9.17) is 10.8 Å². The van der Waals surface area contributed by atoms with Crippen molar-refractivity contribution >= 4 is 17.3 Å². The molecule has 2 rings (SSSR count). The number of rotatable bonds is 5. The molecule has 0 amide bonds. The number of nitrogen functional groups attached to an aromatic ring is 1. The first-order valence-corrected chi connectivity index (χ1v) is 6.63. The normalized spacial score (nSPS) is 14.3. The molecule has 1 aliphatic carbocycles. The van der Waals surface area contributed by atoms with Gasteiger partial charge in [-0.2, -0.15) is 0 Å². The van der Waals surface area contributed by atoms with E-state index in [0.29, 0.717) is 5.69 Å². The van der Waals surface area contributed by atoms with E-state index in [1.54, 1.807) is 6.07 Å². The van der Waals surface area contributed by atoms with E-state index < -0.39 is 5.97 Å². The van der Waals surface area contributed by atoms with Crippen molar-refractivity contribution in [1.82, 2.24) is 0 Å². The van der Waals surface area contributed by atoms with Gasteiger partial charge < -0.3 is 16.2 Å². The first-order valence-electron chi connectivity index (χ1n) is 6.63. The highest BCUT2D eigenvalue weighted by molar-refractivity contribution is 5.95. The molecular weight excluding hydrogens is 240 g/mol. The summed E-state index contributed by atoms with van der Waals surface area (Å²) in [5.41, 5.74) is 9.39. The molecule has 4 heteroatoms. The molecule has 4 nitrogen and oxygen atoms in total. The molecule has 0 saturated carbocycles. The molecule has 0 atom stereocenters. The van der Waals surface area contributed by atoms with Crippen molar-refractivity contribution in [2.75, 3.05) is 17.6 Å². The van der Waals surface area contributed by atoms with Crippen molar-refractivity contribution in [3.8, 4) is 0 Å². The number of nitrogens with two attached hydrogens (primary N) is 1. The van der Waals surface area contributed by atoms with Crippen LogP contribution in [0.5, 0.6) is 0 Å². The van der Waals surface area contributed by atoms with E-state index in [9.17, 15) is 4.79 Å². The molecule has 102 valence electrons. The van der Waals surface area contributed by atoms with Crippen LogP contribution in [-0.2, 0) is 0 Å². The van der Waals surface area contributed by atoms with Gasteiger partial charge in [0.05, 0.1) is 5.56 Å². The Balaban J connectivity index is 2.02. The summed E-state index contributed by atoms with van der Waals surface area (Å²) in [4.78, 5) is 11.1. The summed E-state index contributed by atoms with van der Waals surface area (Å²) in [5.74, 6) is -0.984. The van der Waals surface area contributed by atoms with Gasteiger partial charge in [0.15, 0.2) is 0 Å². The molecule has 0 aliphatic heterocycles. The molecule has 1 aliphatic rings. The molecular formula is C15H20N2O2. The fraction of sp³-hybridized carbons (Fsp3) is 0.400. The molecule has 0 bridgehead atoms. The van der Waals surface area contributed by atoms with Crippen LogP contribution in [0, 0.1) is 6.92 Å². The largest absolute Gasteiger partial charge is 0.478 e. The van der Waals surface area contributed by atoms with E-state index in [-0.39, 0.29) is 5.56 Å². The molecule has 1 aromatic carbocycles. The Labute approximate surface area is 113 Å². The minimum Gasteiger partial charge on any atom is -0.478 e. The van der Waals surface area contributed by atoms with Gasteiger partial charge in [0.2, 0.25) is 0 Å².